The SMILES string of the molecule is CC(C)(C)NCC(=O)Nc1ccccc1C(F)(F)F. The molecule has 0 aromatic heterocycles. The first kappa shape index (κ1) is 15.5. The predicted octanol–water partition coefficient (Wildman–Crippen LogP) is 3.03. The lowest BCUT2D eigenvalue weighted by Gasteiger charge is -2.20. The van der Waals surface area contributed by atoms with Crippen LogP contribution in [-0.4, -0.2) is 18.0 Å². The smallest absolute Gasteiger partial charge is 0.324 e. The third-order valence-electron chi connectivity index (χ3n) is 2.29. The number of carbonyl (C=O) groups is 1. The van der Waals surface area contributed by atoms with E-state index in [4.69, 9.17) is 0 Å². The van der Waals surface area contributed by atoms with Crippen LogP contribution >= 0.6 is 0 Å². The molecule has 3 nitrogen and oxygen atoms in total. The molecule has 1 rings (SSSR count). The number of nitrogens with one attached hydrogen (secondary N) is 2. The Morgan fingerprint density at radius 1 is 1.16 bits per heavy atom. The molecule has 0 bridgehead atoms. The van der Waals surface area contributed by atoms with Gasteiger partial charge in [-0.15, -0.1) is 0 Å². The number of para-hydroxylation sites is 1. The third kappa shape index (κ3) is 5.30. The Hall–Kier alpha value is -1.56. The second-order valence-electron chi connectivity index (χ2n) is 5.20. The van der Waals surface area contributed by atoms with Gasteiger partial charge in [0.25, 0.3) is 0 Å². The summed E-state index contributed by atoms with van der Waals surface area (Å²) in [5.74, 6) is -0.508. The molecule has 2 N–H and O–H groups in total. The van der Waals surface area contributed by atoms with E-state index in [0.717, 1.165) is 6.07 Å². The Balaban J connectivity index is 2.75. The van der Waals surface area contributed by atoms with Gasteiger partial charge in [-0.1, -0.05) is 12.1 Å². The largest absolute Gasteiger partial charge is 0.418 e. The Labute approximate surface area is 110 Å². The third-order valence-corrected chi connectivity index (χ3v) is 2.29. The second-order valence-corrected chi connectivity index (χ2v) is 5.20. The Bertz CT molecular complexity index is 450. The number of alkyl halides is 3. The van der Waals surface area contributed by atoms with Gasteiger partial charge in [0.15, 0.2) is 0 Å². The highest BCUT2D eigenvalue weighted by Gasteiger charge is 2.33. The lowest BCUT2D eigenvalue weighted by atomic mass is 10.1. The number of rotatable bonds is 3. The molecule has 0 saturated heterocycles. The molecule has 1 aromatic rings. The summed E-state index contributed by atoms with van der Waals surface area (Å²) in [6.45, 7) is 5.55. The molecule has 0 unspecified atom stereocenters. The molecule has 0 fully saturated rings. The molecule has 0 saturated carbocycles. The van der Waals surface area contributed by atoms with Gasteiger partial charge in [0.2, 0.25) is 5.91 Å². The molecule has 19 heavy (non-hydrogen) atoms. The van der Waals surface area contributed by atoms with Crippen molar-refractivity contribution in [1.82, 2.24) is 5.32 Å². The first-order valence-electron chi connectivity index (χ1n) is 5.81. The van der Waals surface area contributed by atoms with E-state index in [-0.39, 0.29) is 17.8 Å². The lowest BCUT2D eigenvalue weighted by molar-refractivity contribution is -0.137. The summed E-state index contributed by atoms with van der Waals surface area (Å²) in [6, 6.07) is 4.90. The van der Waals surface area contributed by atoms with Gasteiger partial charge in [-0.25, -0.2) is 0 Å². The van der Waals surface area contributed by atoms with Crippen molar-refractivity contribution in [3.05, 3.63) is 29.8 Å². The van der Waals surface area contributed by atoms with Crippen LogP contribution in [0.1, 0.15) is 26.3 Å². The molecule has 0 aliphatic carbocycles. The number of amides is 1. The highest BCUT2D eigenvalue weighted by Crippen LogP contribution is 2.34. The molecule has 6 heteroatoms. The highest BCUT2D eigenvalue weighted by molar-refractivity contribution is 5.93. The average Bonchev–Trinajstić information content (AvgIpc) is 2.25. The standard InChI is InChI=1S/C13H17F3N2O/c1-12(2,3)17-8-11(19)18-10-7-5-4-6-9(10)13(14,15)16/h4-7,17H,8H2,1-3H3,(H,18,19). The van der Waals surface area contributed by atoms with Crippen LogP contribution in [0.25, 0.3) is 0 Å². The Morgan fingerprint density at radius 2 is 1.74 bits per heavy atom. The summed E-state index contributed by atoms with van der Waals surface area (Å²) in [7, 11) is 0. The maximum atomic E-state index is 12.7. The topological polar surface area (TPSA) is 41.1 Å². The van der Waals surface area contributed by atoms with E-state index >= 15 is 0 Å². The molecule has 0 heterocycles. The van der Waals surface area contributed by atoms with Crippen LogP contribution in [0.5, 0.6) is 0 Å². The van der Waals surface area contributed by atoms with Crippen molar-refractivity contribution >= 4 is 11.6 Å². The molecule has 0 aliphatic rings. The molecule has 0 aliphatic heterocycles. The van der Waals surface area contributed by atoms with E-state index in [0.29, 0.717) is 0 Å². The van der Waals surface area contributed by atoms with Crippen LogP contribution in [0.4, 0.5) is 18.9 Å². The normalized spacial score (nSPS) is 12.3. The molecule has 0 radical (unpaired) electrons. The maximum absolute atomic E-state index is 12.7. The van der Waals surface area contributed by atoms with Crippen molar-refractivity contribution in [3.8, 4) is 0 Å². The van der Waals surface area contributed by atoms with Gasteiger partial charge in [-0.2, -0.15) is 13.2 Å². The van der Waals surface area contributed by atoms with E-state index in [9.17, 15) is 18.0 Å². The maximum Gasteiger partial charge on any atom is 0.418 e. The minimum absolute atomic E-state index is 0.0459. The van der Waals surface area contributed by atoms with Gasteiger partial charge in [-0.3, -0.25) is 4.79 Å². The summed E-state index contributed by atoms with van der Waals surface area (Å²) in [6.07, 6.45) is -4.48. The summed E-state index contributed by atoms with van der Waals surface area (Å²) >= 11 is 0. The highest BCUT2D eigenvalue weighted by atomic mass is 19.4. The van der Waals surface area contributed by atoms with Gasteiger partial charge in [-0.05, 0) is 32.9 Å². The van der Waals surface area contributed by atoms with Crippen molar-refractivity contribution in [2.45, 2.75) is 32.5 Å². The first-order chi connectivity index (χ1) is 8.59. The summed E-state index contributed by atoms with van der Waals surface area (Å²) in [5.41, 5.74) is -1.35. The van der Waals surface area contributed by atoms with Crippen molar-refractivity contribution in [1.29, 1.82) is 0 Å². The minimum Gasteiger partial charge on any atom is -0.324 e. The Morgan fingerprint density at radius 3 is 2.26 bits per heavy atom. The average molecular weight is 274 g/mol. The zero-order valence-electron chi connectivity index (χ0n) is 11.1. The lowest BCUT2D eigenvalue weighted by Crippen LogP contribution is -2.41. The van der Waals surface area contributed by atoms with Crippen LogP contribution in [0.3, 0.4) is 0 Å². The predicted molar refractivity (Wildman–Crippen MR) is 67.8 cm³/mol. The van der Waals surface area contributed by atoms with Crippen LogP contribution < -0.4 is 10.6 Å². The number of hydrogen-bond donors (Lipinski definition) is 2. The monoisotopic (exact) mass is 274 g/mol. The molecule has 1 aromatic carbocycles. The summed E-state index contributed by atoms with van der Waals surface area (Å²) < 4.78 is 38.1. The van der Waals surface area contributed by atoms with Crippen LogP contribution in [0.15, 0.2) is 24.3 Å². The zero-order valence-corrected chi connectivity index (χ0v) is 11.1. The number of carbonyl (C=O) groups excluding carboxylic acids is 1. The molecular weight excluding hydrogens is 257 g/mol. The van der Waals surface area contributed by atoms with Gasteiger partial charge in [0.05, 0.1) is 17.8 Å². The van der Waals surface area contributed by atoms with Crippen molar-refractivity contribution in [2.75, 3.05) is 11.9 Å². The van der Waals surface area contributed by atoms with E-state index in [1.54, 1.807) is 0 Å². The van der Waals surface area contributed by atoms with Crippen molar-refractivity contribution in [2.24, 2.45) is 0 Å². The zero-order chi connectivity index (χ0) is 14.7. The number of anilines is 1. The van der Waals surface area contributed by atoms with E-state index in [2.05, 4.69) is 10.6 Å². The van der Waals surface area contributed by atoms with Crippen molar-refractivity contribution < 1.29 is 18.0 Å². The quantitative estimate of drug-likeness (QED) is 0.889. The van der Waals surface area contributed by atoms with Gasteiger partial charge < -0.3 is 10.6 Å². The Kier molecular flexibility index (Phi) is 4.57. The number of hydrogen-bond acceptors (Lipinski definition) is 2. The van der Waals surface area contributed by atoms with Crippen LogP contribution in [0.2, 0.25) is 0 Å². The van der Waals surface area contributed by atoms with Crippen LogP contribution in [-0.2, 0) is 11.0 Å². The van der Waals surface area contributed by atoms with E-state index in [1.165, 1.54) is 18.2 Å². The fraction of sp³-hybridized carbons (Fsp3) is 0.462. The fourth-order valence-corrected chi connectivity index (χ4v) is 1.38. The van der Waals surface area contributed by atoms with E-state index in [1.807, 2.05) is 20.8 Å². The van der Waals surface area contributed by atoms with E-state index < -0.39 is 17.6 Å². The van der Waals surface area contributed by atoms with Gasteiger partial charge in [0.1, 0.15) is 0 Å². The summed E-state index contributed by atoms with van der Waals surface area (Å²) in [5, 5.41) is 5.18. The number of halogens is 3. The van der Waals surface area contributed by atoms with Crippen LogP contribution in [0, 0.1) is 0 Å². The molecule has 1 amide bonds. The molecule has 0 spiro atoms. The van der Waals surface area contributed by atoms with Crippen molar-refractivity contribution in [3.63, 3.8) is 0 Å². The van der Waals surface area contributed by atoms with Gasteiger partial charge >= 0.3 is 6.18 Å². The molecule has 106 valence electrons. The minimum atomic E-state index is -4.48. The number of benzene rings is 1. The second kappa shape index (κ2) is 5.61. The van der Waals surface area contributed by atoms with Gasteiger partial charge in [0, 0.05) is 5.54 Å². The fourth-order valence-electron chi connectivity index (χ4n) is 1.38. The molecule has 0 atom stereocenters. The first-order valence-corrected chi connectivity index (χ1v) is 5.81. The summed E-state index contributed by atoms with van der Waals surface area (Å²) in [4.78, 5) is 11.6. The molecular formula is C13H17F3N2O.